The lowest BCUT2D eigenvalue weighted by Gasteiger charge is -2.34. The van der Waals surface area contributed by atoms with Crippen molar-refractivity contribution >= 4 is 40.4 Å². The highest BCUT2D eigenvalue weighted by molar-refractivity contribution is 6.30. The van der Waals surface area contributed by atoms with Gasteiger partial charge in [0.2, 0.25) is 0 Å². The van der Waals surface area contributed by atoms with Crippen molar-refractivity contribution in [1.29, 1.82) is 0 Å². The summed E-state index contributed by atoms with van der Waals surface area (Å²) >= 11 is 6.09. The Kier molecular flexibility index (Phi) is 6.68. The third kappa shape index (κ3) is 4.34. The summed E-state index contributed by atoms with van der Waals surface area (Å²) in [5.41, 5.74) is 3.74. The third-order valence-electron chi connectivity index (χ3n) is 7.72. The lowest BCUT2D eigenvalue weighted by atomic mass is 9.85. The smallest absolute Gasteiger partial charge is 0.414 e. The van der Waals surface area contributed by atoms with Crippen LogP contribution in [0, 0.1) is 5.92 Å². The second-order valence-electron chi connectivity index (χ2n) is 10.1. The van der Waals surface area contributed by atoms with E-state index in [0.717, 1.165) is 53.8 Å². The van der Waals surface area contributed by atoms with E-state index >= 15 is 0 Å². The minimum absolute atomic E-state index is 0.00782. The van der Waals surface area contributed by atoms with Gasteiger partial charge in [0.15, 0.2) is 0 Å². The Morgan fingerprint density at radius 1 is 1.28 bits per heavy atom. The van der Waals surface area contributed by atoms with Crippen LogP contribution in [0.25, 0.3) is 11.0 Å². The maximum atomic E-state index is 12.6. The van der Waals surface area contributed by atoms with Crippen LogP contribution in [0.15, 0.2) is 24.5 Å². The Labute approximate surface area is 215 Å². The van der Waals surface area contributed by atoms with Crippen molar-refractivity contribution in [3.8, 4) is 0 Å². The van der Waals surface area contributed by atoms with Gasteiger partial charge in [-0.05, 0) is 51.2 Å². The number of aromatic nitrogens is 4. The number of imidazole rings is 1. The van der Waals surface area contributed by atoms with Crippen molar-refractivity contribution in [3.63, 3.8) is 0 Å². The minimum Gasteiger partial charge on any atom is -0.481 e. The molecule has 0 spiro atoms. The molecule has 192 valence electrons. The molecule has 36 heavy (non-hydrogen) atoms. The van der Waals surface area contributed by atoms with Gasteiger partial charge in [0, 0.05) is 29.8 Å². The number of aliphatic carboxylic acids is 1. The number of hydrogen-bond donors (Lipinski definition) is 1. The first-order valence-corrected chi connectivity index (χ1v) is 13.0. The van der Waals surface area contributed by atoms with Crippen molar-refractivity contribution in [2.45, 2.75) is 76.9 Å². The van der Waals surface area contributed by atoms with Gasteiger partial charge in [-0.15, -0.1) is 0 Å². The van der Waals surface area contributed by atoms with E-state index in [0.29, 0.717) is 24.4 Å². The third-order valence-corrected chi connectivity index (χ3v) is 7.91. The predicted molar refractivity (Wildman–Crippen MR) is 137 cm³/mol. The fourth-order valence-electron chi connectivity index (χ4n) is 5.95. The maximum absolute atomic E-state index is 12.6. The zero-order valence-corrected chi connectivity index (χ0v) is 21.6. The van der Waals surface area contributed by atoms with E-state index < -0.39 is 5.97 Å². The normalized spacial score (nSPS) is 22.9. The van der Waals surface area contributed by atoms with E-state index in [1.54, 1.807) is 17.3 Å². The van der Waals surface area contributed by atoms with Crippen LogP contribution in [0.3, 0.4) is 0 Å². The molecule has 1 aliphatic carbocycles. The number of fused-ring (bicyclic) bond motifs is 3. The first kappa shape index (κ1) is 24.6. The van der Waals surface area contributed by atoms with Gasteiger partial charge in [0.1, 0.15) is 5.82 Å². The average molecular weight is 514 g/mol. The number of carbonyl (C=O) groups excluding carboxylic acids is 1. The number of hydrogen-bond acceptors (Lipinski definition) is 5. The molecular weight excluding hydrogens is 482 g/mol. The van der Waals surface area contributed by atoms with E-state index in [1.165, 1.54) is 7.11 Å². The summed E-state index contributed by atoms with van der Waals surface area (Å²) in [5, 5.41) is 14.7. The number of nitrogens with zero attached hydrogens (tertiary/aromatic N) is 5. The molecule has 9 nitrogen and oxygen atoms in total. The largest absolute Gasteiger partial charge is 0.481 e. The highest BCUT2D eigenvalue weighted by Gasteiger charge is 2.35. The second-order valence-corrected chi connectivity index (χ2v) is 10.6. The second kappa shape index (κ2) is 9.76. The van der Waals surface area contributed by atoms with Gasteiger partial charge < -0.3 is 14.4 Å². The minimum atomic E-state index is -0.731. The van der Waals surface area contributed by atoms with Gasteiger partial charge in [-0.25, -0.2) is 9.78 Å². The van der Waals surface area contributed by atoms with Crippen LogP contribution in [0.2, 0.25) is 5.02 Å². The molecule has 1 N–H and O–H groups in total. The summed E-state index contributed by atoms with van der Waals surface area (Å²) in [5.74, 6) is -0.176. The van der Waals surface area contributed by atoms with Crippen LogP contribution in [0.5, 0.6) is 0 Å². The molecule has 3 aromatic rings. The summed E-state index contributed by atoms with van der Waals surface area (Å²) in [6, 6.07) is 4.09. The van der Waals surface area contributed by atoms with Crippen molar-refractivity contribution in [2.75, 3.05) is 12.0 Å². The summed E-state index contributed by atoms with van der Waals surface area (Å²) in [6.07, 6.45) is 7.72. The number of amides is 1. The summed E-state index contributed by atoms with van der Waals surface area (Å²) in [4.78, 5) is 31.4. The number of carboxylic acids is 1. The molecule has 1 aromatic carbocycles. The van der Waals surface area contributed by atoms with Crippen molar-refractivity contribution in [1.82, 2.24) is 19.3 Å². The fourth-order valence-corrected chi connectivity index (χ4v) is 6.10. The Hall–Kier alpha value is -3.07. The monoisotopic (exact) mass is 513 g/mol. The van der Waals surface area contributed by atoms with E-state index in [9.17, 15) is 14.7 Å². The summed E-state index contributed by atoms with van der Waals surface area (Å²) in [6.45, 7) is 4.73. The van der Waals surface area contributed by atoms with E-state index in [2.05, 4.69) is 16.6 Å². The number of halogens is 1. The first-order valence-electron chi connectivity index (χ1n) is 12.6. The number of aryl methyl sites for hydroxylation is 1. The van der Waals surface area contributed by atoms with E-state index in [1.807, 2.05) is 23.7 Å². The number of carbonyl (C=O) groups is 2. The highest BCUT2D eigenvalue weighted by Crippen LogP contribution is 2.41. The number of methoxy groups -OCH3 is 1. The highest BCUT2D eigenvalue weighted by atomic mass is 35.5. The van der Waals surface area contributed by atoms with E-state index in [4.69, 9.17) is 21.3 Å². The van der Waals surface area contributed by atoms with Crippen LogP contribution < -0.4 is 4.90 Å². The molecule has 1 saturated carbocycles. The fraction of sp³-hybridized carbons (Fsp3) is 0.538. The Bertz CT molecular complexity index is 1300. The van der Waals surface area contributed by atoms with Crippen molar-refractivity contribution in [3.05, 3.63) is 40.9 Å². The van der Waals surface area contributed by atoms with Crippen molar-refractivity contribution in [2.24, 2.45) is 5.92 Å². The Balaban J connectivity index is 1.64. The molecule has 3 heterocycles. The molecule has 2 aromatic heterocycles. The van der Waals surface area contributed by atoms with Crippen LogP contribution >= 0.6 is 11.6 Å². The Morgan fingerprint density at radius 3 is 2.78 bits per heavy atom. The summed E-state index contributed by atoms with van der Waals surface area (Å²) < 4.78 is 9.16. The summed E-state index contributed by atoms with van der Waals surface area (Å²) in [7, 11) is 1.40. The van der Waals surface area contributed by atoms with Gasteiger partial charge in [0.25, 0.3) is 0 Å². The molecule has 10 heteroatoms. The van der Waals surface area contributed by atoms with Gasteiger partial charge >= 0.3 is 12.1 Å². The van der Waals surface area contributed by atoms with Crippen molar-refractivity contribution < 1.29 is 19.4 Å². The molecule has 1 fully saturated rings. The van der Waals surface area contributed by atoms with Gasteiger partial charge in [-0.3, -0.25) is 14.4 Å². The molecule has 0 bridgehead atoms. The molecule has 0 radical (unpaired) electrons. The lowest BCUT2D eigenvalue weighted by Crippen LogP contribution is -2.42. The molecule has 4 atom stereocenters. The number of rotatable bonds is 5. The molecule has 2 aliphatic rings. The first-order chi connectivity index (χ1) is 17.3. The molecule has 1 aliphatic heterocycles. The standard InChI is InChI=1S/C26H32ClN5O4/c1-15(13-30-14-18(27)12-28-30)24-29-23-20-8-7-16(2)31(26(35)36-3)21(20)9-10-22(23)32(24)19-6-4-5-17(11-19)25(33)34/h9-10,12,14-17,19H,4-8,11,13H2,1-3H3,(H,33,34)/t15?,16?,17-,19-/m1/s1. The molecule has 2 unspecified atom stereocenters. The van der Waals surface area contributed by atoms with Gasteiger partial charge in [-0.2, -0.15) is 5.10 Å². The number of ether oxygens (including phenoxy) is 1. The molecule has 0 saturated heterocycles. The lowest BCUT2D eigenvalue weighted by molar-refractivity contribution is -0.143. The zero-order valence-electron chi connectivity index (χ0n) is 20.9. The SMILES string of the molecule is COC(=O)N1c2ccc3c(nc(C(C)Cn4cc(Cl)cn4)n3[C@@H]3CCC[C@@H](C(=O)O)C3)c2CCC1C. The number of anilines is 1. The maximum Gasteiger partial charge on any atom is 0.414 e. The quantitative estimate of drug-likeness (QED) is 0.489. The predicted octanol–water partition coefficient (Wildman–Crippen LogP) is 5.41. The Morgan fingerprint density at radius 2 is 2.08 bits per heavy atom. The van der Waals surface area contributed by atoms with Gasteiger partial charge in [0.05, 0.1) is 47.5 Å². The van der Waals surface area contributed by atoms with E-state index in [-0.39, 0.29) is 30.0 Å². The number of carboxylic acid groups (broad SMARTS) is 1. The topological polar surface area (TPSA) is 102 Å². The van der Waals surface area contributed by atoms with Crippen LogP contribution in [0.4, 0.5) is 10.5 Å². The number of benzene rings is 1. The molecule has 5 rings (SSSR count). The molecule has 1 amide bonds. The van der Waals surface area contributed by atoms with Crippen LogP contribution in [-0.2, 0) is 22.5 Å². The van der Waals surface area contributed by atoms with Crippen LogP contribution in [-0.4, -0.2) is 49.7 Å². The average Bonchev–Trinajstić information content (AvgIpc) is 3.46. The van der Waals surface area contributed by atoms with Crippen LogP contribution in [0.1, 0.15) is 69.3 Å². The zero-order chi connectivity index (χ0) is 25.6. The molecular formula is C26H32ClN5O4. The van der Waals surface area contributed by atoms with Gasteiger partial charge in [-0.1, -0.05) is 24.9 Å².